The average Bonchev–Trinajstić information content (AvgIpc) is 3.17. The lowest BCUT2D eigenvalue weighted by Crippen LogP contribution is -2.41. The van der Waals surface area contributed by atoms with Gasteiger partial charge in [0.1, 0.15) is 5.75 Å². The molecule has 1 N–H and O–H groups in total. The van der Waals surface area contributed by atoms with Gasteiger partial charge in [-0.1, -0.05) is 13.3 Å². The van der Waals surface area contributed by atoms with E-state index in [1.54, 1.807) is 0 Å². The Morgan fingerprint density at radius 2 is 1.84 bits per heavy atom. The van der Waals surface area contributed by atoms with Gasteiger partial charge in [-0.05, 0) is 86.6 Å². The molecule has 1 aromatic heterocycles. The van der Waals surface area contributed by atoms with E-state index in [1.165, 1.54) is 16.6 Å². The minimum Gasteiger partial charge on any atom is -0.494 e. The van der Waals surface area contributed by atoms with Crippen molar-refractivity contribution in [3.63, 3.8) is 0 Å². The van der Waals surface area contributed by atoms with Gasteiger partial charge in [-0.3, -0.25) is 0 Å². The van der Waals surface area contributed by atoms with Gasteiger partial charge in [0, 0.05) is 25.3 Å². The molecule has 0 spiro atoms. The standard InChI is InChI=1S/C26H34N4O2/c1-4-5-14-32-23-8-6-22(7-9-23)28-26(31)29-12-10-21(11-13-29)17-30-18-27-24-15-19(2)20(3)16-25(24)30/h6-9,15-16,18,21H,4-5,10-14,17H2,1-3H3,(H,28,31). The zero-order valence-electron chi connectivity index (χ0n) is 19.4. The van der Waals surface area contributed by atoms with E-state index in [-0.39, 0.29) is 6.03 Å². The molecule has 0 unspecified atom stereocenters. The number of likely N-dealkylation sites (tertiary alicyclic amines) is 1. The van der Waals surface area contributed by atoms with Crippen LogP contribution in [-0.4, -0.2) is 40.2 Å². The quantitative estimate of drug-likeness (QED) is 0.480. The Bertz CT molecular complexity index is 1050. The molecule has 1 aliphatic heterocycles. The van der Waals surface area contributed by atoms with Crippen molar-refractivity contribution in [1.29, 1.82) is 0 Å². The first-order valence-electron chi connectivity index (χ1n) is 11.7. The molecule has 0 saturated carbocycles. The minimum atomic E-state index is -0.0257. The fourth-order valence-electron chi connectivity index (χ4n) is 4.23. The number of imidazole rings is 1. The van der Waals surface area contributed by atoms with Gasteiger partial charge < -0.3 is 19.5 Å². The topological polar surface area (TPSA) is 59.4 Å². The number of piperidine rings is 1. The van der Waals surface area contributed by atoms with Crippen LogP contribution in [0.5, 0.6) is 5.75 Å². The number of benzene rings is 2. The summed E-state index contributed by atoms with van der Waals surface area (Å²) >= 11 is 0. The van der Waals surface area contributed by atoms with E-state index in [0.29, 0.717) is 5.92 Å². The van der Waals surface area contributed by atoms with Crippen LogP contribution in [-0.2, 0) is 6.54 Å². The maximum atomic E-state index is 12.7. The van der Waals surface area contributed by atoms with Crippen LogP contribution in [0.2, 0.25) is 0 Å². The zero-order chi connectivity index (χ0) is 22.5. The maximum Gasteiger partial charge on any atom is 0.321 e. The Hall–Kier alpha value is -3.02. The Morgan fingerprint density at radius 1 is 1.12 bits per heavy atom. The van der Waals surface area contributed by atoms with E-state index in [0.717, 1.165) is 68.9 Å². The summed E-state index contributed by atoms with van der Waals surface area (Å²) in [6, 6.07) is 12.0. The highest BCUT2D eigenvalue weighted by molar-refractivity contribution is 5.89. The lowest BCUT2D eigenvalue weighted by Gasteiger charge is -2.32. The van der Waals surface area contributed by atoms with Gasteiger partial charge in [0.25, 0.3) is 0 Å². The minimum absolute atomic E-state index is 0.0257. The number of aromatic nitrogens is 2. The predicted octanol–water partition coefficient (Wildman–Crippen LogP) is 5.78. The average molecular weight is 435 g/mol. The van der Waals surface area contributed by atoms with E-state index in [2.05, 4.69) is 47.8 Å². The largest absolute Gasteiger partial charge is 0.494 e. The number of ether oxygens (including phenoxy) is 1. The highest BCUT2D eigenvalue weighted by Gasteiger charge is 2.23. The van der Waals surface area contributed by atoms with Crippen LogP contribution in [0.15, 0.2) is 42.7 Å². The first-order valence-corrected chi connectivity index (χ1v) is 11.7. The molecule has 4 rings (SSSR count). The molecule has 0 aliphatic carbocycles. The summed E-state index contributed by atoms with van der Waals surface area (Å²) in [6.07, 6.45) is 6.12. The summed E-state index contributed by atoms with van der Waals surface area (Å²) in [5.41, 5.74) is 5.64. The van der Waals surface area contributed by atoms with Crippen LogP contribution in [0.4, 0.5) is 10.5 Å². The molecule has 32 heavy (non-hydrogen) atoms. The number of rotatable bonds is 7. The van der Waals surface area contributed by atoms with Gasteiger partial charge in [-0.15, -0.1) is 0 Å². The van der Waals surface area contributed by atoms with Crippen molar-refractivity contribution in [2.45, 2.75) is 53.0 Å². The third-order valence-corrected chi connectivity index (χ3v) is 6.47. The fraction of sp³-hybridized carbons (Fsp3) is 0.462. The molecule has 6 nitrogen and oxygen atoms in total. The summed E-state index contributed by atoms with van der Waals surface area (Å²) in [6.45, 7) is 9.66. The number of hydrogen-bond acceptors (Lipinski definition) is 3. The molecule has 2 aromatic carbocycles. The van der Waals surface area contributed by atoms with Crippen LogP contribution in [0.1, 0.15) is 43.7 Å². The third kappa shape index (κ3) is 5.23. The molecular formula is C26H34N4O2. The summed E-state index contributed by atoms with van der Waals surface area (Å²) < 4.78 is 7.96. The molecular weight excluding hydrogens is 400 g/mol. The van der Waals surface area contributed by atoms with Crippen LogP contribution in [0, 0.1) is 19.8 Å². The Balaban J connectivity index is 1.27. The fourth-order valence-corrected chi connectivity index (χ4v) is 4.23. The molecule has 0 bridgehead atoms. The SMILES string of the molecule is CCCCOc1ccc(NC(=O)N2CCC(Cn3cnc4cc(C)c(C)cc43)CC2)cc1. The lowest BCUT2D eigenvalue weighted by atomic mass is 9.97. The number of carbonyl (C=O) groups is 1. The van der Waals surface area contributed by atoms with Crippen LogP contribution in [0.3, 0.4) is 0 Å². The molecule has 3 aromatic rings. The third-order valence-electron chi connectivity index (χ3n) is 6.47. The van der Waals surface area contributed by atoms with Crippen LogP contribution in [0.25, 0.3) is 11.0 Å². The van der Waals surface area contributed by atoms with Gasteiger partial charge in [-0.2, -0.15) is 0 Å². The molecule has 170 valence electrons. The van der Waals surface area contributed by atoms with Gasteiger partial charge >= 0.3 is 6.03 Å². The number of nitrogens with one attached hydrogen (secondary N) is 1. The number of urea groups is 1. The number of hydrogen-bond donors (Lipinski definition) is 1. The Labute approximate surface area is 190 Å². The number of amides is 2. The molecule has 1 fully saturated rings. The normalized spacial score (nSPS) is 14.7. The highest BCUT2D eigenvalue weighted by atomic mass is 16.5. The maximum absolute atomic E-state index is 12.7. The van der Waals surface area contributed by atoms with Gasteiger partial charge in [-0.25, -0.2) is 9.78 Å². The second kappa shape index (κ2) is 10.1. The van der Waals surface area contributed by atoms with Crippen molar-refractivity contribution in [2.24, 2.45) is 5.92 Å². The van der Waals surface area contributed by atoms with E-state index in [1.807, 2.05) is 35.5 Å². The van der Waals surface area contributed by atoms with Gasteiger partial charge in [0.15, 0.2) is 0 Å². The van der Waals surface area contributed by atoms with Crippen LogP contribution < -0.4 is 10.1 Å². The van der Waals surface area contributed by atoms with Crippen molar-refractivity contribution in [3.05, 3.63) is 53.9 Å². The van der Waals surface area contributed by atoms with Gasteiger partial charge in [0.2, 0.25) is 0 Å². The molecule has 1 saturated heterocycles. The molecule has 1 aliphatic rings. The van der Waals surface area contributed by atoms with Crippen LogP contribution >= 0.6 is 0 Å². The molecule has 2 amide bonds. The Morgan fingerprint density at radius 3 is 2.56 bits per heavy atom. The first-order chi connectivity index (χ1) is 15.5. The van der Waals surface area contributed by atoms with Gasteiger partial charge in [0.05, 0.1) is 24.0 Å². The second-order valence-corrected chi connectivity index (χ2v) is 8.91. The predicted molar refractivity (Wildman–Crippen MR) is 129 cm³/mol. The highest BCUT2D eigenvalue weighted by Crippen LogP contribution is 2.24. The zero-order valence-corrected chi connectivity index (χ0v) is 19.4. The number of nitrogens with zero attached hydrogens (tertiary/aromatic N) is 3. The van der Waals surface area contributed by atoms with E-state index in [9.17, 15) is 4.79 Å². The second-order valence-electron chi connectivity index (χ2n) is 8.91. The smallest absolute Gasteiger partial charge is 0.321 e. The Kier molecular flexibility index (Phi) is 6.98. The van der Waals surface area contributed by atoms with E-state index in [4.69, 9.17) is 4.74 Å². The van der Waals surface area contributed by atoms with Crippen molar-refractivity contribution >= 4 is 22.8 Å². The molecule has 2 heterocycles. The number of fused-ring (bicyclic) bond motifs is 1. The summed E-state index contributed by atoms with van der Waals surface area (Å²) in [5.74, 6) is 1.40. The molecule has 6 heteroatoms. The lowest BCUT2D eigenvalue weighted by molar-refractivity contribution is 0.177. The summed E-state index contributed by atoms with van der Waals surface area (Å²) in [4.78, 5) is 19.2. The molecule has 0 radical (unpaired) electrons. The number of aryl methyl sites for hydroxylation is 2. The monoisotopic (exact) mass is 434 g/mol. The van der Waals surface area contributed by atoms with E-state index < -0.39 is 0 Å². The van der Waals surface area contributed by atoms with Crippen molar-refractivity contribution < 1.29 is 9.53 Å². The van der Waals surface area contributed by atoms with E-state index >= 15 is 0 Å². The first kappa shape index (κ1) is 22.2. The number of unbranched alkanes of at least 4 members (excludes halogenated alkanes) is 1. The number of anilines is 1. The van der Waals surface area contributed by atoms with Crippen molar-refractivity contribution in [1.82, 2.24) is 14.5 Å². The van der Waals surface area contributed by atoms with Crippen molar-refractivity contribution in [2.75, 3.05) is 25.0 Å². The van der Waals surface area contributed by atoms with Crippen molar-refractivity contribution in [3.8, 4) is 5.75 Å². The summed E-state index contributed by atoms with van der Waals surface area (Å²) in [7, 11) is 0. The number of carbonyl (C=O) groups excluding carboxylic acids is 1. The molecule has 0 atom stereocenters. The summed E-state index contributed by atoms with van der Waals surface area (Å²) in [5, 5.41) is 3.02.